The fraction of sp³-hybridized carbons (Fsp3) is 0.300. The van der Waals surface area contributed by atoms with Gasteiger partial charge in [0, 0.05) is 0 Å². The van der Waals surface area contributed by atoms with Crippen molar-refractivity contribution in [3.63, 3.8) is 0 Å². The molecule has 0 nitrogen and oxygen atoms in total. The average Bonchev–Trinajstić information content (AvgIpc) is 1.97. The van der Waals surface area contributed by atoms with Crippen LogP contribution >= 0.6 is 0 Å². The van der Waals surface area contributed by atoms with Gasteiger partial charge in [0.25, 0.3) is 0 Å². The molecule has 0 aliphatic rings. The van der Waals surface area contributed by atoms with Gasteiger partial charge in [0.1, 0.15) is 0 Å². The second kappa shape index (κ2) is 8.22. The van der Waals surface area contributed by atoms with Crippen molar-refractivity contribution in [3.05, 3.63) is 43.4 Å². The van der Waals surface area contributed by atoms with Gasteiger partial charge in [0.2, 0.25) is 0 Å². The fourth-order valence-corrected chi connectivity index (χ4v) is 0.612. The van der Waals surface area contributed by atoms with Crippen LogP contribution in [0.25, 0.3) is 0 Å². The zero-order valence-electron chi connectivity index (χ0n) is 6.59. The third-order valence-corrected chi connectivity index (χ3v) is 1.12. The Labute approximate surface area is 64.0 Å². The molecule has 0 saturated heterocycles. The smallest absolute Gasteiger partial charge is 0.0313 e. The Balaban J connectivity index is 3.18. The highest BCUT2D eigenvalue weighted by atomic mass is 13.8. The molecule has 0 aliphatic heterocycles. The summed E-state index contributed by atoms with van der Waals surface area (Å²) in [6.45, 7) is 5.62. The Bertz CT molecular complexity index is 127. The molecule has 0 heterocycles. The van der Waals surface area contributed by atoms with Crippen molar-refractivity contribution in [1.29, 1.82) is 0 Å². The molecule has 0 aromatic heterocycles. The molecule has 0 unspecified atom stereocenters. The second-order valence-electron chi connectivity index (χ2n) is 2.00. The van der Waals surface area contributed by atoms with E-state index in [1.54, 1.807) is 6.08 Å². The Hall–Kier alpha value is -0.780. The van der Waals surface area contributed by atoms with Gasteiger partial charge < -0.3 is 0 Å². The third kappa shape index (κ3) is 7.22. The van der Waals surface area contributed by atoms with Gasteiger partial charge in [-0.3, -0.25) is 0 Å². The molecule has 0 aromatic carbocycles. The van der Waals surface area contributed by atoms with E-state index in [0.717, 1.165) is 12.8 Å². The Kier molecular flexibility index (Phi) is 7.58. The molecule has 0 aromatic rings. The highest BCUT2D eigenvalue weighted by Gasteiger charge is 1.71. The maximum absolute atomic E-state index is 3.57. The van der Waals surface area contributed by atoms with E-state index < -0.39 is 0 Å². The highest BCUT2D eigenvalue weighted by molar-refractivity contribution is 5.03. The van der Waals surface area contributed by atoms with Crippen LogP contribution in [0.5, 0.6) is 0 Å². The predicted octanol–water partition coefficient (Wildman–Crippen LogP) is 3.29. The monoisotopic (exact) mass is 135 g/mol. The van der Waals surface area contributed by atoms with E-state index in [9.17, 15) is 0 Å². The predicted molar refractivity (Wildman–Crippen MR) is 47.7 cm³/mol. The summed E-state index contributed by atoms with van der Waals surface area (Å²) in [5.74, 6) is 0. The first-order valence-corrected chi connectivity index (χ1v) is 3.64. The maximum atomic E-state index is 3.57. The van der Waals surface area contributed by atoms with Gasteiger partial charge in [0.05, 0.1) is 0 Å². The fourth-order valence-electron chi connectivity index (χ4n) is 0.612. The average molecular weight is 135 g/mol. The lowest BCUT2D eigenvalue weighted by molar-refractivity contribution is 1.05. The summed E-state index contributed by atoms with van der Waals surface area (Å²) >= 11 is 0. The van der Waals surface area contributed by atoms with E-state index in [2.05, 4.69) is 25.2 Å². The Morgan fingerprint density at radius 3 is 2.40 bits per heavy atom. The minimum atomic E-state index is 1.12. The van der Waals surface area contributed by atoms with Crippen LogP contribution in [0.1, 0.15) is 19.8 Å². The zero-order valence-corrected chi connectivity index (χ0v) is 6.59. The SMILES string of the molecule is [CH2]C=CC=CCCC=CC. The molecule has 0 bridgehead atoms. The molecular weight excluding hydrogens is 120 g/mol. The van der Waals surface area contributed by atoms with Crippen LogP contribution < -0.4 is 0 Å². The largest absolute Gasteiger partial charge is 0.0917 e. The summed E-state index contributed by atoms with van der Waals surface area (Å²) in [5.41, 5.74) is 0. The molecule has 10 heavy (non-hydrogen) atoms. The summed E-state index contributed by atoms with van der Waals surface area (Å²) in [7, 11) is 0. The Morgan fingerprint density at radius 2 is 1.80 bits per heavy atom. The summed E-state index contributed by atoms with van der Waals surface area (Å²) in [6.07, 6.45) is 14.4. The van der Waals surface area contributed by atoms with E-state index in [4.69, 9.17) is 0 Å². The van der Waals surface area contributed by atoms with E-state index in [0.29, 0.717) is 0 Å². The molecule has 0 heteroatoms. The number of unbranched alkanes of at least 4 members (excludes halogenated alkanes) is 1. The van der Waals surface area contributed by atoms with Gasteiger partial charge in [-0.1, -0.05) is 36.5 Å². The molecule has 0 aliphatic carbocycles. The van der Waals surface area contributed by atoms with Crippen molar-refractivity contribution in [2.24, 2.45) is 0 Å². The van der Waals surface area contributed by atoms with E-state index in [1.807, 2.05) is 19.1 Å². The van der Waals surface area contributed by atoms with Crippen molar-refractivity contribution < 1.29 is 0 Å². The topological polar surface area (TPSA) is 0 Å². The van der Waals surface area contributed by atoms with Crippen LogP contribution in [0.3, 0.4) is 0 Å². The van der Waals surface area contributed by atoms with Crippen molar-refractivity contribution in [1.82, 2.24) is 0 Å². The molecule has 0 N–H and O–H groups in total. The van der Waals surface area contributed by atoms with Crippen LogP contribution in [-0.2, 0) is 0 Å². The first-order chi connectivity index (χ1) is 4.91. The Morgan fingerprint density at radius 1 is 1.10 bits per heavy atom. The van der Waals surface area contributed by atoms with Gasteiger partial charge in [-0.25, -0.2) is 0 Å². The molecule has 1 radical (unpaired) electrons. The summed E-state index contributed by atoms with van der Waals surface area (Å²) in [6, 6.07) is 0. The summed E-state index contributed by atoms with van der Waals surface area (Å²) < 4.78 is 0. The number of hydrogen-bond acceptors (Lipinski definition) is 0. The van der Waals surface area contributed by atoms with Crippen LogP contribution in [0.2, 0.25) is 0 Å². The molecule has 0 atom stereocenters. The lowest BCUT2D eigenvalue weighted by Crippen LogP contribution is -1.61. The quantitative estimate of drug-likeness (QED) is 0.315. The second-order valence-corrected chi connectivity index (χ2v) is 2.00. The summed E-state index contributed by atoms with van der Waals surface area (Å²) in [5, 5.41) is 0. The van der Waals surface area contributed by atoms with Gasteiger partial charge >= 0.3 is 0 Å². The van der Waals surface area contributed by atoms with Crippen LogP contribution in [0.4, 0.5) is 0 Å². The molecule has 55 valence electrons. The number of hydrogen-bond donors (Lipinski definition) is 0. The zero-order chi connectivity index (χ0) is 7.66. The highest BCUT2D eigenvalue weighted by Crippen LogP contribution is 1.92. The van der Waals surface area contributed by atoms with Crippen LogP contribution in [-0.4, -0.2) is 0 Å². The molecule has 0 fully saturated rings. The van der Waals surface area contributed by atoms with Crippen LogP contribution in [0.15, 0.2) is 36.5 Å². The van der Waals surface area contributed by atoms with Crippen molar-refractivity contribution in [2.75, 3.05) is 0 Å². The normalized spacial score (nSPS) is 12.6. The van der Waals surface area contributed by atoms with E-state index >= 15 is 0 Å². The number of allylic oxidation sites excluding steroid dienone is 6. The van der Waals surface area contributed by atoms with E-state index in [-0.39, 0.29) is 0 Å². The molecule has 0 saturated carbocycles. The lowest BCUT2D eigenvalue weighted by Gasteiger charge is -1.82. The first-order valence-electron chi connectivity index (χ1n) is 3.64. The van der Waals surface area contributed by atoms with Crippen LogP contribution in [0, 0.1) is 6.92 Å². The van der Waals surface area contributed by atoms with E-state index in [1.165, 1.54) is 0 Å². The van der Waals surface area contributed by atoms with Crippen molar-refractivity contribution >= 4 is 0 Å². The van der Waals surface area contributed by atoms with Gasteiger partial charge in [-0.2, -0.15) is 0 Å². The first kappa shape index (κ1) is 9.22. The molecule has 0 amide bonds. The minimum absolute atomic E-state index is 1.12. The van der Waals surface area contributed by atoms with Gasteiger partial charge in [-0.05, 0) is 26.7 Å². The maximum Gasteiger partial charge on any atom is -0.0313 e. The minimum Gasteiger partial charge on any atom is -0.0917 e. The summed E-state index contributed by atoms with van der Waals surface area (Å²) in [4.78, 5) is 0. The van der Waals surface area contributed by atoms with Crippen molar-refractivity contribution in [2.45, 2.75) is 19.8 Å². The lowest BCUT2D eigenvalue weighted by atomic mass is 10.2. The standard InChI is InChI=1S/C10H15/c1-3-5-7-9-10-8-6-4-2/h3-7,9H,1,8,10H2,2H3. The molecular formula is C10H15. The number of rotatable bonds is 4. The molecule has 0 spiro atoms. The third-order valence-electron chi connectivity index (χ3n) is 1.12. The van der Waals surface area contributed by atoms with Gasteiger partial charge in [0.15, 0.2) is 0 Å². The van der Waals surface area contributed by atoms with Gasteiger partial charge in [-0.15, -0.1) is 0 Å². The van der Waals surface area contributed by atoms with Crippen molar-refractivity contribution in [3.8, 4) is 0 Å². The molecule has 0 rings (SSSR count).